The number of carbonyl (C=O) groups excluding carboxylic acids is 1. The highest BCUT2D eigenvalue weighted by atomic mass is 16.4. The van der Waals surface area contributed by atoms with E-state index in [1.54, 1.807) is 13.0 Å². The van der Waals surface area contributed by atoms with Crippen LogP contribution in [-0.2, 0) is 0 Å². The molecular formula is C14H21N3O3. The fourth-order valence-corrected chi connectivity index (χ4v) is 2.77. The Morgan fingerprint density at radius 3 is 2.80 bits per heavy atom. The van der Waals surface area contributed by atoms with Crippen molar-refractivity contribution in [3.63, 3.8) is 0 Å². The first kappa shape index (κ1) is 14.4. The van der Waals surface area contributed by atoms with Crippen LogP contribution in [0, 0.1) is 18.8 Å². The quantitative estimate of drug-likeness (QED) is 0.682. The molecule has 1 saturated carbocycles. The van der Waals surface area contributed by atoms with Crippen molar-refractivity contribution in [3.05, 3.63) is 17.5 Å². The highest BCUT2D eigenvalue weighted by molar-refractivity contribution is 5.99. The van der Waals surface area contributed by atoms with Gasteiger partial charge in [-0.2, -0.15) is 0 Å². The van der Waals surface area contributed by atoms with E-state index in [9.17, 15) is 9.59 Å². The summed E-state index contributed by atoms with van der Waals surface area (Å²) in [5.41, 5.74) is 1.00. The molecule has 1 heterocycles. The Labute approximate surface area is 118 Å². The molecule has 0 bridgehead atoms. The van der Waals surface area contributed by atoms with E-state index in [-0.39, 0.29) is 11.7 Å². The smallest absolute Gasteiger partial charge is 0.354 e. The van der Waals surface area contributed by atoms with Crippen molar-refractivity contribution in [1.29, 1.82) is 0 Å². The van der Waals surface area contributed by atoms with E-state index in [1.807, 2.05) is 0 Å². The van der Waals surface area contributed by atoms with Gasteiger partial charge in [0, 0.05) is 12.2 Å². The second-order valence-electron chi connectivity index (χ2n) is 5.67. The summed E-state index contributed by atoms with van der Waals surface area (Å²) < 4.78 is 0. The number of urea groups is 1. The van der Waals surface area contributed by atoms with E-state index < -0.39 is 5.97 Å². The van der Waals surface area contributed by atoms with Gasteiger partial charge in [-0.25, -0.2) is 9.59 Å². The zero-order chi connectivity index (χ0) is 14.7. The first-order valence-corrected chi connectivity index (χ1v) is 6.93. The number of hydrogen-bond acceptors (Lipinski definition) is 2. The topological polar surface area (TPSA) is 94.2 Å². The second-order valence-corrected chi connectivity index (χ2v) is 5.67. The van der Waals surface area contributed by atoms with E-state index in [0.29, 0.717) is 23.8 Å². The molecule has 6 nitrogen and oxygen atoms in total. The largest absolute Gasteiger partial charge is 0.477 e. The van der Waals surface area contributed by atoms with Crippen molar-refractivity contribution in [2.45, 2.75) is 33.1 Å². The molecule has 0 radical (unpaired) electrons. The van der Waals surface area contributed by atoms with Crippen molar-refractivity contribution in [2.24, 2.45) is 11.8 Å². The average molecular weight is 279 g/mol. The molecule has 1 aliphatic rings. The summed E-state index contributed by atoms with van der Waals surface area (Å²) in [5, 5.41) is 14.4. The Bertz CT molecular complexity index is 510. The summed E-state index contributed by atoms with van der Waals surface area (Å²) in [6, 6.07) is 1.26. The van der Waals surface area contributed by atoms with Crippen LogP contribution in [0.25, 0.3) is 0 Å². The van der Waals surface area contributed by atoms with Crippen LogP contribution in [0.3, 0.4) is 0 Å². The van der Waals surface area contributed by atoms with E-state index in [2.05, 4.69) is 22.5 Å². The van der Waals surface area contributed by atoms with Crippen LogP contribution in [0.5, 0.6) is 0 Å². The molecule has 4 N–H and O–H groups in total. The van der Waals surface area contributed by atoms with Crippen LogP contribution in [-0.4, -0.2) is 28.6 Å². The second kappa shape index (κ2) is 5.98. The maximum absolute atomic E-state index is 11.8. The minimum absolute atomic E-state index is 0.00661. The number of anilines is 1. The fraction of sp³-hybridized carbons (Fsp3) is 0.571. The molecular weight excluding hydrogens is 258 g/mol. The van der Waals surface area contributed by atoms with Gasteiger partial charge in [0.25, 0.3) is 0 Å². The molecule has 1 aliphatic carbocycles. The maximum atomic E-state index is 11.8. The lowest BCUT2D eigenvalue weighted by Crippen LogP contribution is -2.32. The predicted octanol–water partition coefficient (Wildman–Crippen LogP) is 2.58. The van der Waals surface area contributed by atoms with Crippen LogP contribution in [0.1, 0.15) is 42.4 Å². The molecule has 2 atom stereocenters. The first-order valence-electron chi connectivity index (χ1n) is 6.93. The number of amides is 2. The maximum Gasteiger partial charge on any atom is 0.354 e. The minimum atomic E-state index is -1.09. The lowest BCUT2D eigenvalue weighted by molar-refractivity contribution is 0.0692. The highest BCUT2D eigenvalue weighted by Crippen LogP contribution is 2.29. The number of H-pyrrole nitrogens is 1. The summed E-state index contributed by atoms with van der Waals surface area (Å²) in [4.78, 5) is 25.5. The summed E-state index contributed by atoms with van der Waals surface area (Å²) >= 11 is 0. The Morgan fingerprint density at radius 2 is 2.20 bits per heavy atom. The number of rotatable bonds is 4. The van der Waals surface area contributed by atoms with Crippen LogP contribution in [0.4, 0.5) is 10.5 Å². The van der Waals surface area contributed by atoms with Crippen molar-refractivity contribution < 1.29 is 14.7 Å². The van der Waals surface area contributed by atoms with Gasteiger partial charge in [-0.15, -0.1) is 0 Å². The summed E-state index contributed by atoms with van der Waals surface area (Å²) in [6.07, 6.45) is 3.50. The van der Waals surface area contributed by atoms with Crippen LogP contribution >= 0.6 is 0 Å². The zero-order valence-corrected chi connectivity index (χ0v) is 11.8. The van der Waals surface area contributed by atoms with Crippen molar-refractivity contribution >= 4 is 17.7 Å². The van der Waals surface area contributed by atoms with Crippen LogP contribution in [0.2, 0.25) is 0 Å². The number of nitrogens with one attached hydrogen (secondary N) is 3. The van der Waals surface area contributed by atoms with Gasteiger partial charge >= 0.3 is 12.0 Å². The normalized spacial score (nSPS) is 21.7. The monoisotopic (exact) mass is 279 g/mol. The molecule has 1 aromatic rings. The average Bonchev–Trinajstić information content (AvgIpc) is 2.93. The van der Waals surface area contributed by atoms with Gasteiger partial charge in [0.1, 0.15) is 5.69 Å². The van der Waals surface area contributed by atoms with Gasteiger partial charge in [0.2, 0.25) is 0 Å². The van der Waals surface area contributed by atoms with Gasteiger partial charge in [0.05, 0.1) is 5.69 Å². The number of aromatic carboxylic acids is 1. The molecule has 1 fully saturated rings. The summed E-state index contributed by atoms with van der Waals surface area (Å²) in [5.74, 6) is 0.177. The molecule has 0 saturated heterocycles. The van der Waals surface area contributed by atoms with Crippen molar-refractivity contribution in [2.75, 3.05) is 11.9 Å². The van der Waals surface area contributed by atoms with E-state index >= 15 is 0 Å². The summed E-state index contributed by atoms with van der Waals surface area (Å²) in [6.45, 7) is 4.61. The molecule has 2 amide bonds. The van der Waals surface area contributed by atoms with Crippen molar-refractivity contribution in [3.8, 4) is 0 Å². The molecule has 6 heteroatoms. The van der Waals surface area contributed by atoms with Gasteiger partial charge in [0.15, 0.2) is 0 Å². The molecule has 2 unspecified atom stereocenters. The van der Waals surface area contributed by atoms with E-state index in [0.717, 1.165) is 18.8 Å². The molecule has 20 heavy (non-hydrogen) atoms. The van der Waals surface area contributed by atoms with Gasteiger partial charge in [-0.05, 0) is 37.7 Å². The molecule has 1 aromatic heterocycles. The third kappa shape index (κ3) is 3.53. The molecule has 110 valence electrons. The zero-order valence-electron chi connectivity index (χ0n) is 11.8. The Kier molecular flexibility index (Phi) is 4.32. The number of aromatic nitrogens is 1. The molecule has 0 aromatic carbocycles. The fourth-order valence-electron chi connectivity index (χ4n) is 2.77. The standard InChI is InChI=1S/C14H21N3O3/c1-8-3-4-10(5-8)7-15-14(20)17-11-6-9(2)16-12(11)13(18)19/h6,8,10,16H,3-5,7H2,1-2H3,(H,18,19)(H2,15,17,20). The highest BCUT2D eigenvalue weighted by Gasteiger charge is 2.22. The third-order valence-electron chi connectivity index (χ3n) is 3.77. The number of aryl methyl sites for hydroxylation is 1. The first-order chi connectivity index (χ1) is 9.45. The van der Waals surface area contributed by atoms with Crippen molar-refractivity contribution in [1.82, 2.24) is 10.3 Å². The van der Waals surface area contributed by atoms with E-state index in [4.69, 9.17) is 5.11 Å². The molecule has 2 rings (SSSR count). The van der Waals surface area contributed by atoms with E-state index in [1.165, 1.54) is 6.42 Å². The molecule has 0 spiro atoms. The SMILES string of the molecule is Cc1cc(NC(=O)NCC2CCC(C)C2)c(C(=O)O)[nH]1. The number of carboxylic acids is 1. The number of carbonyl (C=O) groups is 2. The Morgan fingerprint density at radius 1 is 1.45 bits per heavy atom. The Balaban J connectivity index is 1.87. The Hall–Kier alpha value is -1.98. The third-order valence-corrected chi connectivity index (χ3v) is 3.77. The predicted molar refractivity (Wildman–Crippen MR) is 76.0 cm³/mol. The number of carboxylic acid groups (broad SMARTS) is 1. The van der Waals surface area contributed by atoms with Gasteiger partial charge in [-0.1, -0.05) is 13.3 Å². The summed E-state index contributed by atoms with van der Waals surface area (Å²) in [7, 11) is 0. The molecule has 0 aliphatic heterocycles. The van der Waals surface area contributed by atoms with Gasteiger partial charge < -0.3 is 20.7 Å². The lowest BCUT2D eigenvalue weighted by Gasteiger charge is -2.11. The number of aromatic amines is 1. The van der Waals surface area contributed by atoms with Gasteiger partial charge in [-0.3, -0.25) is 0 Å². The number of hydrogen-bond donors (Lipinski definition) is 4. The lowest BCUT2D eigenvalue weighted by atomic mass is 10.1. The van der Waals surface area contributed by atoms with Crippen LogP contribution < -0.4 is 10.6 Å². The van der Waals surface area contributed by atoms with Crippen LogP contribution in [0.15, 0.2) is 6.07 Å². The minimum Gasteiger partial charge on any atom is -0.477 e.